The van der Waals surface area contributed by atoms with Crippen LogP contribution in [-0.2, 0) is 6.54 Å². The number of pyridine rings is 1. The Bertz CT molecular complexity index is 778. The fourth-order valence-electron chi connectivity index (χ4n) is 2.67. The molecule has 3 rings (SSSR count). The molecule has 0 aliphatic rings. The van der Waals surface area contributed by atoms with Crippen LogP contribution in [0.15, 0.2) is 42.6 Å². The third-order valence-corrected chi connectivity index (χ3v) is 3.69. The first kappa shape index (κ1) is 13.5. The quantitative estimate of drug-likeness (QED) is 0.735. The zero-order chi connectivity index (χ0) is 14.8. The molecule has 4 nitrogen and oxygen atoms in total. The van der Waals surface area contributed by atoms with Gasteiger partial charge in [-0.15, -0.1) is 0 Å². The normalized spacial score (nSPS) is 10.8. The molecule has 0 bridgehead atoms. The van der Waals surface area contributed by atoms with Crippen LogP contribution in [0.4, 0.5) is 0 Å². The van der Waals surface area contributed by atoms with E-state index in [4.69, 9.17) is 9.47 Å². The number of nitrogens with zero attached hydrogens (tertiary/aromatic N) is 2. The van der Waals surface area contributed by atoms with Crippen molar-refractivity contribution in [3.05, 3.63) is 54.0 Å². The number of para-hydroxylation sites is 1. The van der Waals surface area contributed by atoms with Crippen LogP contribution in [0.2, 0.25) is 0 Å². The molecule has 0 atom stereocenters. The lowest BCUT2D eigenvalue weighted by Crippen LogP contribution is -2.06. The van der Waals surface area contributed by atoms with E-state index in [-0.39, 0.29) is 0 Å². The number of hydrogen-bond donors (Lipinski definition) is 0. The van der Waals surface area contributed by atoms with Crippen LogP contribution in [0.5, 0.6) is 11.5 Å². The number of hydrogen-bond acceptors (Lipinski definition) is 3. The van der Waals surface area contributed by atoms with Gasteiger partial charge in [0.15, 0.2) is 11.5 Å². The van der Waals surface area contributed by atoms with E-state index in [1.165, 1.54) is 16.6 Å². The number of aryl methyl sites for hydroxylation is 1. The number of benzene rings is 1. The molecule has 0 N–H and O–H groups in total. The molecule has 0 amide bonds. The van der Waals surface area contributed by atoms with Crippen molar-refractivity contribution in [3.63, 3.8) is 0 Å². The minimum Gasteiger partial charge on any atom is -0.493 e. The number of methoxy groups -OCH3 is 2. The van der Waals surface area contributed by atoms with E-state index in [1.807, 2.05) is 6.07 Å². The molecule has 0 spiro atoms. The van der Waals surface area contributed by atoms with E-state index in [2.05, 4.69) is 46.8 Å². The van der Waals surface area contributed by atoms with Crippen LogP contribution in [0.25, 0.3) is 10.9 Å². The van der Waals surface area contributed by atoms with E-state index in [0.29, 0.717) is 18.0 Å². The van der Waals surface area contributed by atoms with Crippen LogP contribution < -0.4 is 9.47 Å². The molecule has 108 valence electrons. The Balaban J connectivity index is 2.09. The Morgan fingerprint density at radius 2 is 1.90 bits per heavy atom. The predicted octanol–water partition coefficient (Wildman–Crippen LogP) is 3.41. The van der Waals surface area contributed by atoms with Gasteiger partial charge >= 0.3 is 0 Å². The highest BCUT2D eigenvalue weighted by molar-refractivity contribution is 5.81. The predicted molar refractivity (Wildman–Crippen MR) is 83.1 cm³/mol. The van der Waals surface area contributed by atoms with Crippen LogP contribution in [0, 0.1) is 6.92 Å². The molecule has 2 aromatic heterocycles. The summed E-state index contributed by atoms with van der Waals surface area (Å²) in [4.78, 5) is 4.46. The smallest absolute Gasteiger partial charge is 0.184 e. The Morgan fingerprint density at radius 1 is 1.10 bits per heavy atom. The molecule has 21 heavy (non-hydrogen) atoms. The average Bonchev–Trinajstić information content (AvgIpc) is 2.83. The highest BCUT2D eigenvalue weighted by Crippen LogP contribution is 2.30. The highest BCUT2D eigenvalue weighted by atomic mass is 16.5. The zero-order valence-electron chi connectivity index (χ0n) is 12.5. The lowest BCUT2D eigenvalue weighted by Gasteiger charge is -2.13. The van der Waals surface area contributed by atoms with Gasteiger partial charge in [-0.25, -0.2) is 0 Å². The Labute approximate surface area is 123 Å². The monoisotopic (exact) mass is 282 g/mol. The average molecular weight is 282 g/mol. The van der Waals surface area contributed by atoms with E-state index in [1.54, 1.807) is 20.4 Å². The lowest BCUT2D eigenvalue weighted by molar-refractivity contribution is 0.348. The van der Waals surface area contributed by atoms with E-state index in [0.717, 1.165) is 5.69 Å². The first-order chi connectivity index (χ1) is 10.2. The SMILES string of the molecule is COc1ccnc(Cn2c(C)cc3ccccc32)c1OC. The van der Waals surface area contributed by atoms with Crippen molar-refractivity contribution in [1.82, 2.24) is 9.55 Å². The summed E-state index contributed by atoms with van der Waals surface area (Å²) in [7, 11) is 3.28. The van der Waals surface area contributed by atoms with Crippen molar-refractivity contribution < 1.29 is 9.47 Å². The summed E-state index contributed by atoms with van der Waals surface area (Å²) in [5, 5.41) is 1.23. The van der Waals surface area contributed by atoms with Gasteiger partial charge in [0, 0.05) is 23.5 Å². The van der Waals surface area contributed by atoms with Gasteiger partial charge in [0.25, 0.3) is 0 Å². The lowest BCUT2D eigenvalue weighted by atomic mass is 10.2. The molecule has 1 aromatic carbocycles. The molecule has 0 saturated carbocycles. The minimum atomic E-state index is 0.653. The van der Waals surface area contributed by atoms with Gasteiger partial charge in [0.05, 0.1) is 20.8 Å². The second kappa shape index (κ2) is 5.48. The molecule has 3 aromatic rings. The Morgan fingerprint density at radius 3 is 2.67 bits per heavy atom. The van der Waals surface area contributed by atoms with Gasteiger partial charge in [-0.2, -0.15) is 0 Å². The van der Waals surface area contributed by atoms with Crippen molar-refractivity contribution >= 4 is 10.9 Å². The third-order valence-electron chi connectivity index (χ3n) is 3.69. The number of fused-ring (bicyclic) bond motifs is 1. The second-order valence-electron chi connectivity index (χ2n) is 4.92. The van der Waals surface area contributed by atoms with Crippen molar-refractivity contribution in [3.8, 4) is 11.5 Å². The first-order valence-electron chi connectivity index (χ1n) is 6.85. The summed E-state index contributed by atoms with van der Waals surface area (Å²) < 4.78 is 13.0. The van der Waals surface area contributed by atoms with Gasteiger partial charge in [-0.05, 0) is 24.4 Å². The van der Waals surface area contributed by atoms with Crippen molar-refractivity contribution in [1.29, 1.82) is 0 Å². The molecule has 0 aliphatic carbocycles. The van der Waals surface area contributed by atoms with E-state index in [9.17, 15) is 0 Å². The van der Waals surface area contributed by atoms with E-state index >= 15 is 0 Å². The Kier molecular flexibility index (Phi) is 3.52. The largest absolute Gasteiger partial charge is 0.493 e. The number of ether oxygens (including phenoxy) is 2. The van der Waals surface area contributed by atoms with Crippen LogP contribution >= 0.6 is 0 Å². The first-order valence-corrected chi connectivity index (χ1v) is 6.85. The number of aromatic nitrogens is 2. The minimum absolute atomic E-state index is 0.653. The summed E-state index contributed by atoms with van der Waals surface area (Å²) in [6, 6.07) is 12.3. The summed E-state index contributed by atoms with van der Waals surface area (Å²) in [5.41, 5.74) is 3.26. The molecule has 2 heterocycles. The van der Waals surface area contributed by atoms with Gasteiger partial charge < -0.3 is 14.0 Å². The topological polar surface area (TPSA) is 36.3 Å². The van der Waals surface area contributed by atoms with Crippen LogP contribution in [0.3, 0.4) is 0 Å². The third kappa shape index (κ3) is 2.33. The molecule has 0 fully saturated rings. The van der Waals surface area contributed by atoms with Gasteiger partial charge in [-0.3, -0.25) is 4.98 Å². The fraction of sp³-hybridized carbons (Fsp3) is 0.235. The van der Waals surface area contributed by atoms with Gasteiger partial charge in [0.1, 0.15) is 5.69 Å². The van der Waals surface area contributed by atoms with Crippen molar-refractivity contribution in [2.45, 2.75) is 13.5 Å². The zero-order valence-corrected chi connectivity index (χ0v) is 12.5. The molecule has 0 saturated heterocycles. The maximum atomic E-state index is 5.47. The standard InChI is InChI=1S/C17H18N2O2/c1-12-10-13-6-4-5-7-15(13)19(12)11-14-17(21-3)16(20-2)8-9-18-14/h4-10H,11H2,1-3H3. The van der Waals surface area contributed by atoms with Gasteiger partial charge in [-0.1, -0.05) is 18.2 Å². The molecule has 4 heteroatoms. The fourth-order valence-corrected chi connectivity index (χ4v) is 2.67. The van der Waals surface area contributed by atoms with E-state index < -0.39 is 0 Å². The molecule has 0 radical (unpaired) electrons. The van der Waals surface area contributed by atoms with Gasteiger partial charge in [0.2, 0.25) is 0 Å². The summed E-state index contributed by atoms with van der Waals surface area (Å²) in [5.74, 6) is 1.40. The highest BCUT2D eigenvalue weighted by Gasteiger charge is 2.13. The van der Waals surface area contributed by atoms with Crippen LogP contribution in [0.1, 0.15) is 11.4 Å². The summed E-state index contributed by atoms with van der Waals surface area (Å²) in [6.07, 6.45) is 1.75. The maximum absolute atomic E-state index is 5.47. The Hall–Kier alpha value is -2.49. The maximum Gasteiger partial charge on any atom is 0.184 e. The van der Waals surface area contributed by atoms with Crippen molar-refractivity contribution in [2.75, 3.05) is 14.2 Å². The summed E-state index contributed by atoms with van der Waals surface area (Å²) >= 11 is 0. The van der Waals surface area contributed by atoms with Crippen LogP contribution in [-0.4, -0.2) is 23.8 Å². The molecular formula is C17H18N2O2. The van der Waals surface area contributed by atoms with Crippen molar-refractivity contribution in [2.24, 2.45) is 0 Å². The second-order valence-corrected chi connectivity index (χ2v) is 4.92. The molecule has 0 unspecified atom stereocenters. The summed E-state index contributed by atoms with van der Waals surface area (Å²) in [6.45, 7) is 2.76. The number of rotatable bonds is 4. The molecule has 0 aliphatic heterocycles. The molecular weight excluding hydrogens is 264 g/mol.